The standard InChI is InChI=1S/C9H14BrF2N3O2/c10-9(11,12)7-13-8-5-14-15(6-8)1-3-17-4-2-16/h5-6,13,16H,1-4,7H2. The van der Waals surface area contributed by atoms with Crippen molar-refractivity contribution in [2.75, 3.05) is 31.7 Å². The van der Waals surface area contributed by atoms with Gasteiger partial charge < -0.3 is 15.2 Å². The summed E-state index contributed by atoms with van der Waals surface area (Å²) in [4.78, 5) is -2.93. The van der Waals surface area contributed by atoms with Crippen molar-refractivity contribution in [3.05, 3.63) is 12.4 Å². The number of rotatable bonds is 8. The molecule has 0 saturated carbocycles. The van der Waals surface area contributed by atoms with Gasteiger partial charge in [0.15, 0.2) is 0 Å². The van der Waals surface area contributed by atoms with Gasteiger partial charge in [-0.25, -0.2) is 0 Å². The van der Waals surface area contributed by atoms with Crippen LogP contribution in [-0.2, 0) is 11.3 Å². The molecule has 0 amide bonds. The lowest BCUT2D eigenvalue weighted by Crippen LogP contribution is -2.19. The fraction of sp³-hybridized carbons (Fsp3) is 0.667. The molecule has 0 aliphatic heterocycles. The van der Waals surface area contributed by atoms with Gasteiger partial charge in [-0.05, 0) is 15.9 Å². The maximum Gasteiger partial charge on any atom is 0.318 e. The highest BCUT2D eigenvalue weighted by Crippen LogP contribution is 2.21. The normalized spacial score (nSPS) is 11.8. The molecule has 0 aliphatic carbocycles. The molecule has 98 valence electrons. The Hall–Kier alpha value is -0.730. The Bertz CT molecular complexity index is 330. The van der Waals surface area contributed by atoms with Crippen molar-refractivity contribution in [1.82, 2.24) is 9.78 Å². The van der Waals surface area contributed by atoms with Gasteiger partial charge in [0.05, 0.1) is 44.8 Å². The van der Waals surface area contributed by atoms with Gasteiger partial charge in [0.25, 0.3) is 0 Å². The highest BCUT2D eigenvalue weighted by Gasteiger charge is 2.23. The number of ether oxygens (including phenoxy) is 1. The largest absolute Gasteiger partial charge is 0.394 e. The highest BCUT2D eigenvalue weighted by molar-refractivity contribution is 9.10. The Kier molecular flexibility index (Phi) is 5.79. The van der Waals surface area contributed by atoms with Gasteiger partial charge in [-0.1, -0.05) is 0 Å². The molecule has 0 radical (unpaired) electrons. The molecule has 0 atom stereocenters. The summed E-state index contributed by atoms with van der Waals surface area (Å²) in [5.74, 6) is 0. The molecule has 1 heterocycles. The number of halogens is 3. The average Bonchev–Trinajstić information content (AvgIpc) is 2.69. The molecule has 1 aromatic heterocycles. The lowest BCUT2D eigenvalue weighted by molar-refractivity contribution is 0.0854. The molecule has 1 aromatic rings. The summed E-state index contributed by atoms with van der Waals surface area (Å²) in [6.07, 6.45) is 3.08. The van der Waals surface area contributed by atoms with Crippen LogP contribution in [0.2, 0.25) is 0 Å². The van der Waals surface area contributed by atoms with Gasteiger partial charge in [0.1, 0.15) is 0 Å². The predicted molar refractivity (Wildman–Crippen MR) is 62.5 cm³/mol. The molecule has 0 spiro atoms. The first-order valence-electron chi connectivity index (χ1n) is 5.03. The topological polar surface area (TPSA) is 59.3 Å². The van der Waals surface area contributed by atoms with Crippen LogP contribution in [-0.4, -0.2) is 46.1 Å². The molecular weight excluding hydrogens is 300 g/mol. The van der Waals surface area contributed by atoms with E-state index in [2.05, 4.69) is 26.3 Å². The zero-order valence-electron chi connectivity index (χ0n) is 9.07. The molecule has 8 heteroatoms. The molecule has 0 saturated heterocycles. The van der Waals surface area contributed by atoms with Crippen molar-refractivity contribution in [3.8, 4) is 0 Å². The van der Waals surface area contributed by atoms with E-state index < -0.39 is 11.4 Å². The molecule has 0 fully saturated rings. The lowest BCUT2D eigenvalue weighted by atomic mass is 10.5. The van der Waals surface area contributed by atoms with Crippen LogP contribution < -0.4 is 5.32 Å². The van der Waals surface area contributed by atoms with Crippen LogP contribution in [0.3, 0.4) is 0 Å². The summed E-state index contributed by atoms with van der Waals surface area (Å²) < 4.78 is 31.6. The molecular formula is C9H14BrF2N3O2. The van der Waals surface area contributed by atoms with E-state index >= 15 is 0 Å². The number of alkyl halides is 3. The second-order valence-corrected chi connectivity index (χ2v) is 4.46. The Labute approximate surface area is 106 Å². The molecule has 17 heavy (non-hydrogen) atoms. The highest BCUT2D eigenvalue weighted by atomic mass is 79.9. The van der Waals surface area contributed by atoms with E-state index in [1.54, 1.807) is 10.9 Å². The number of hydrogen-bond donors (Lipinski definition) is 2. The molecule has 0 unspecified atom stereocenters. The molecule has 0 aromatic carbocycles. The maximum atomic E-state index is 12.5. The maximum absolute atomic E-state index is 12.5. The molecule has 5 nitrogen and oxygen atoms in total. The minimum Gasteiger partial charge on any atom is -0.394 e. The summed E-state index contributed by atoms with van der Waals surface area (Å²) >= 11 is 2.24. The fourth-order valence-corrected chi connectivity index (χ4v) is 1.24. The van der Waals surface area contributed by atoms with Crippen LogP contribution in [0.5, 0.6) is 0 Å². The first-order valence-corrected chi connectivity index (χ1v) is 5.82. The number of aromatic nitrogens is 2. The van der Waals surface area contributed by atoms with E-state index in [1.165, 1.54) is 6.20 Å². The van der Waals surface area contributed by atoms with Crippen molar-refractivity contribution in [1.29, 1.82) is 0 Å². The number of nitrogens with one attached hydrogen (secondary N) is 1. The minimum atomic E-state index is -2.93. The minimum absolute atomic E-state index is 0.0216. The molecule has 0 aliphatic rings. The first kappa shape index (κ1) is 14.3. The molecule has 2 N–H and O–H groups in total. The van der Waals surface area contributed by atoms with Gasteiger partial charge in [-0.15, -0.1) is 0 Å². The van der Waals surface area contributed by atoms with E-state index in [0.29, 0.717) is 18.8 Å². The van der Waals surface area contributed by atoms with Crippen molar-refractivity contribution in [2.24, 2.45) is 0 Å². The lowest BCUT2D eigenvalue weighted by Gasteiger charge is -2.08. The van der Waals surface area contributed by atoms with Crippen molar-refractivity contribution in [3.63, 3.8) is 0 Å². The van der Waals surface area contributed by atoms with E-state index in [1.807, 2.05) is 0 Å². The first-order chi connectivity index (χ1) is 8.01. The zero-order valence-corrected chi connectivity index (χ0v) is 10.7. The van der Waals surface area contributed by atoms with Crippen molar-refractivity contribution in [2.45, 2.75) is 11.4 Å². The Morgan fingerprint density at radius 2 is 2.29 bits per heavy atom. The van der Waals surface area contributed by atoms with Crippen LogP contribution in [0.15, 0.2) is 12.4 Å². The van der Waals surface area contributed by atoms with Crippen LogP contribution >= 0.6 is 15.9 Å². The SMILES string of the molecule is OCCOCCn1cc(NCC(F)(F)Br)cn1. The number of nitrogens with zero attached hydrogens (tertiary/aromatic N) is 2. The molecule has 0 bridgehead atoms. The van der Waals surface area contributed by atoms with Crippen molar-refractivity contribution < 1.29 is 18.6 Å². The second kappa shape index (κ2) is 6.87. The third-order valence-corrected chi connectivity index (χ3v) is 2.11. The second-order valence-electron chi connectivity index (χ2n) is 3.30. The average molecular weight is 314 g/mol. The van der Waals surface area contributed by atoms with Gasteiger partial charge in [0, 0.05) is 6.20 Å². The van der Waals surface area contributed by atoms with Crippen LogP contribution in [0.25, 0.3) is 0 Å². The van der Waals surface area contributed by atoms with Gasteiger partial charge in [0.2, 0.25) is 0 Å². The fourth-order valence-electron chi connectivity index (χ4n) is 1.10. The summed E-state index contributed by atoms with van der Waals surface area (Å²) in [6.45, 7) is 0.677. The number of aliphatic hydroxyl groups excluding tert-OH is 1. The number of anilines is 1. The number of aliphatic hydroxyl groups is 1. The van der Waals surface area contributed by atoms with Crippen molar-refractivity contribution >= 4 is 21.6 Å². The van der Waals surface area contributed by atoms with Gasteiger partial charge in [-0.3, -0.25) is 4.68 Å². The predicted octanol–water partition coefficient (Wildman–Crippen LogP) is 1.29. The van der Waals surface area contributed by atoms with Gasteiger partial charge in [-0.2, -0.15) is 13.9 Å². The quantitative estimate of drug-likeness (QED) is 0.561. The van der Waals surface area contributed by atoms with E-state index in [9.17, 15) is 8.78 Å². The third-order valence-electron chi connectivity index (χ3n) is 1.83. The Morgan fingerprint density at radius 1 is 1.53 bits per heavy atom. The van der Waals surface area contributed by atoms with Gasteiger partial charge >= 0.3 is 4.83 Å². The van der Waals surface area contributed by atoms with Crippen LogP contribution in [0.4, 0.5) is 14.5 Å². The summed E-state index contributed by atoms with van der Waals surface area (Å²) in [5, 5.41) is 15.0. The van der Waals surface area contributed by atoms with Crippen LogP contribution in [0, 0.1) is 0 Å². The van der Waals surface area contributed by atoms with E-state index in [0.717, 1.165) is 0 Å². The van der Waals surface area contributed by atoms with Crippen LogP contribution in [0.1, 0.15) is 0 Å². The zero-order chi connectivity index (χ0) is 12.7. The smallest absolute Gasteiger partial charge is 0.318 e. The Morgan fingerprint density at radius 3 is 2.94 bits per heavy atom. The van der Waals surface area contributed by atoms with E-state index in [-0.39, 0.29) is 13.2 Å². The molecule has 1 rings (SSSR count). The third kappa shape index (κ3) is 6.54. The monoisotopic (exact) mass is 313 g/mol. The Balaban J connectivity index is 2.28. The number of hydrogen-bond acceptors (Lipinski definition) is 4. The van der Waals surface area contributed by atoms with E-state index in [4.69, 9.17) is 9.84 Å². The summed E-state index contributed by atoms with van der Waals surface area (Å²) in [7, 11) is 0. The summed E-state index contributed by atoms with van der Waals surface area (Å²) in [6, 6.07) is 0. The summed E-state index contributed by atoms with van der Waals surface area (Å²) in [5.41, 5.74) is 0.520.